The molecule has 1 aromatic carbocycles. The topological polar surface area (TPSA) is 29.1 Å². The quantitative estimate of drug-likeness (QED) is 0.645. The third-order valence-corrected chi connectivity index (χ3v) is 3.28. The lowest BCUT2D eigenvalue weighted by Crippen LogP contribution is -2.39. The van der Waals surface area contributed by atoms with Gasteiger partial charge in [-0.1, -0.05) is 29.8 Å². The van der Waals surface area contributed by atoms with Crippen molar-refractivity contribution in [2.24, 2.45) is 5.92 Å². The van der Waals surface area contributed by atoms with Crippen molar-refractivity contribution < 1.29 is 18.0 Å². The number of hydrogen-bond acceptors (Lipinski definition) is 1. The molecule has 0 fully saturated rings. The predicted molar refractivity (Wildman–Crippen MR) is 70.8 cm³/mol. The second kappa shape index (κ2) is 6.93. The molecule has 19 heavy (non-hydrogen) atoms. The molecule has 1 rings (SSSR count). The normalized spacial score (nSPS) is 12.6. The number of rotatable bonds is 5. The van der Waals surface area contributed by atoms with Crippen LogP contribution in [0.15, 0.2) is 12.1 Å². The van der Waals surface area contributed by atoms with Crippen LogP contribution in [0.25, 0.3) is 0 Å². The minimum absolute atomic E-state index is 0.148. The van der Waals surface area contributed by atoms with E-state index in [-0.39, 0.29) is 12.0 Å². The lowest BCUT2D eigenvalue weighted by Gasteiger charge is -2.21. The fourth-order valence-corrected chi connectivity index (χ4v) is 2.13. The van der Waals surface area contributed by atoms with Crippen LogP contribution < -0.4 is 5.32 Å². The van der Waals surface area contributed by atoms with Crippen molar-refractivity contribution in [3.63, 3.8) is 0 Å². The van der Waals surface area contributed by atoms with Crippen molar-refractivity contribution in [1.29, 1.82) is 0 Å². The van der Waals surface area contributed by atoms with Crippen LogP contribution >= 0.6 is 15.9 Å². The molecule has 0 aliphatic carbocycles. The molecule has 1 N–H and O–H groups in total. The fraction of sp³-hybridized carbons (Fsp3) is 0.462. The highest BCUT2D eigenvalue weighted by Crippen LogP contribution is 2.16. The lowest BCUT2D eigenvalue weighted by atomic mass is 10.0. The van der Waals surface area contributed by atoms with Gasteiger partial charge in [0.15, 0.2) is 17.5 Å². The summed E-state index contributed by atoms with van der Waals surface area (Å²) >= 11 is 3.27. The summed E-state index contributed by atoms with van der Waals surface area (Å²) in [5.74, 6) is -4.99. The molecule has 106 valence electrons. The van der Waals surface area contributed by atoms with Gasteiger partial charge in [0.05, 0.1) is 5.56 Å². The molecule has 2 nitrogen and oxygen atoms in total. The Morgan fingerprint density at radius 3 is 2.42 bits per heavy atom. The Bertz CT molecular complexity index is 465. The van der Waals surface area contributed by atoms with Crippen molar-refractivity contribution in [3.8, 4) is 0 Å². The van der Waals surface area contributed by atoms with Gasteiger partial charge in [-0.3, -0.25) is 4.79 Å². The van der Waals surface area contributed by atoms with E-state index in [1.165, 1.54) is 0 Å². The van der Waals surface area contributed by atoms with Crippen LogP contribution in [0.4, 0.5) is 13.2 Å². The van der Waals surface area contributed by atoms with E-state index in [4.69, 9.17) is 0 Å². The van der Waals surface area contributed by atoms with Gasteiger partial charge in [-0.15, -0.1) is 0 Å². The van der Waals surface area contributed by atoms with Crippen LogP contribution in [0.5, 0.6) is 0 Å². The number of carbonyl (C=O) groups is 1. The fourth-order valence-electron chi connectivity index (χ4n) is 1.64. The first-order chi connectivity index (χ1) is 8.88. The van der Waals surface area contributed by atoms with Crippen LogP contribution in [0.1, 0.15) is 30.6 Å². The van der Waals surface area contributed by atoms with Gasteiger partial charge in [0.25, 0.3) is 5.91 Å². The Morgan fingerprint density at radius 2 is 1.89 bits per heavy atom. The van der Waals surface area contributed by atoms with Gasteiger partial charge in [0.1, 0.15) is 0 Å². The first-order valence-corrected chi connectivity index (χ1v) is 7.01. The van der Waals surface area contributed by atoms with Crippen LogP contribution in [0.3, 0.4) is 0 Å². The summed E-state index contributed by atoms with van der Waals surface area (Å²) < 4.78 is 39.3. The Morgan fingerprint density at radius 1 is 1.26 bits per heavy atom. The number of alkyl halides is 1. The van der Waals surface area contributed by atoms with Gasteiger partial charge >= 0.3 is 0 Å². The Kier molecular flexibility index (Phi) is 5.85. The second-order valence-corrected chi connectivity index (χ2v) is 5.32. The van der Waals surface area contributed by atoms with Gasteiger partial charge in [-0.05, 0) is 24.5 Å². The largest absolute Gasteiger partial charge is 0.349 e. The average Bonchev–Trinajstić information content (AvgIpc) is 2.35. The molecular weight excluding hydrogens is 323 g/mol. The van der Waals surface area contributed by atoms with Crippen LogP contribution in [0.2, 0.25) is 0 Å². The van der Waals surface area contributed by atoms with E-state index in [0.717, 1.165) is 12.1 Å². The number of nitrogens with one attached hydrogen (secondary N) is 1. The van der Waals surface area contributed by atoms with Crippen LogP contribution in [-0.2, 0) is 0 Å². The highest BCUT2D eigenvalue weighted by atomic mass is 79.9. The molecule has 0 aliphatic heterocycles. The van der Waals surface area contributed by atoms with Crippen LogP contribution in [0, 0.1) is 23.4 Å². The summed E-state index contributed by atoms with van der Waals surface area (Å²) in [6.07, 6.45) is 0.661. The molecule has 0 aliphatic rings. The highest BCUT2D eigenvalue weighted by molar-refractivity contribution is 9.09. The van der Waals surface area contributed by atoms with Crippen molar-refractivity contribution in [1.82, 2.24) is 5.32 Å². The molecule has 1 aromatic rings. The van der Waals surface area contributed by atoms with Gasteiger partial charge in [0, 0.05) is 11.4 Å². The van der Waals surface area contributed by atoms with E-state index < -0.39 is 28.9 Å². The predicted octanol–water partition coefficient (Wildman–Crippen LogP) is 3.64. The van der Waals surface area contributed by atoms with Gasteiger partial charge in [0.2, 0.25) is 0 Å². The first-order valence-electron chi connectivity index (χ1n) is 5.88. The third-order valence-electron chi connectivity index (χ3n) is 2.82. The Labute approximate surface area is 118 Å². The zero-order valence-corrected chi connectivity index (χ0v) is 12.2. The maximum atomic E-state index is 13.5. The zero-order chi connectivity index (χ0) is 14.6. The Hall–Kier alpha value is -1.04. The Balaban J connectivity index is 2.92. The minimum atomic E-state index is -1.63. The summed E-state index contributed by atoms with van der Waals surface area (Å²) in [6, 6.07) is 1.51. The monoisotopic (exact) mass is 337 g/mol. The summed E-state index contributed by atoms with van der Waals surface area (Å²) in [7, 11) is 0. The number of hydrogen-bond donors (Lipinski definition) is 1. The highest BCUT2D eigenvalue weighted by Gasteiger charge is 2.22. The summed E-state index contributed by atoms with van der Waals surface area (Å²) in [5.41, 5.74) is -0.487. The van der Waals surface area contributed by atoms with E-state index in [1.807, 2.05) is 13.8 Å². The van der Waals surface area contributed by atoms with Gasteiger partial charge < -0.3 is 5.32 Å². The molecule has 6 heteroatoms. The maximum Gasteiger partial charge on any atom is 0.254 e. The molecule has 0 spiro atoms. The molecule has 0 radical (unpaired) electrons. The molecule has 0 saturated heterocycles. The summed E-state index contributed by atoms with van der Waals surface area (Å²) in [6.45, 7) is 3.82. The number of amides is 1. The van der Waals surface area contributed by atoms with E-state index in [9.17, 15) is 18.0 Å². The number of halogens is 4. The molecule has 0 saturated carbocycles. The number of benzene rings is 1. The van der Waals surface area contributed by atoms with Crippen molar-refractivity contribution in [2.75, 3.05) is 5.33 Å². The molecule has 1 unspecified atom stereocenters. The van der Waals surface area contributed by atoms with Crippen molar-refractivity contribution in [2.45, 2.75) is 26.3 Å². The van der Waals surface area contributed by atoms with E-state index in [2.05, 4.69) is 21.2 Å². The smallest absolute Gasteiger partial charge is 0.254 e. The lowest BCUT2D eigenvalue weighted by molar-refractivity contribution is 0.0919. The summed E-state index contributed by atoms with van der Waals surface area (Å²) in [4.78, 5) is 11.9. The average molecular weight is 338 g/mol. The van der Waals surface area contributed by atoms with Gasteiger partial charge in [-0.25, -0.2) is 13.2 Å². The molecule has 1 amide bonds. The maximum absolute atomic E-state index is 13.5. The second-order valence-electron chi connectivity index (χ2n) is 4.52. The zero-order valence-electron chi connectivity index (χ0n) is 10.6. The molecule has 0 heterocycles. The SMILES string of the molecule is CC(C)C(CCBr)NC(=O)c1ccc(F)c(F)c1F. The van der Waals surface area contributed by atoms with E-state index >= 15 is 0 Å². The molecule has 0 bridgehead atoms. The molecule has 1 atom stereocenters. The van der Waals surface area contributed by atoms with E-state index in [1.54, 1.807) is 0 Å². The molecular formula is C13H15BrF3NO. The summed E-state index contributed by atoms with van der Waals surface area (Å²) in [5, 5.41) is 3.30. The van der Waals surface area contributed by atoms with Crippen molar-refractivity contribution >= 4 is 21.8 Å². The molecule has 0 aromatic heterocycles. The van der Waals surface area contributed by atoms with Gasteiger partial charge in [-0.2, -0.15) is 0 Å². The minimum Gasteiger partial charge on any atom is -0.349 e. The third kappa shape index (κ3) is 3.96. The first kappa shape index (κ1) is 16.0. The van der Waals surface area contributed by atoms with Crippen LogP contribution in [-0.4, -0.2) is 17.3 Å². The number of carbonyl (C=O) groups excluding carboxylic acids is 1. The van der Waals surface area contributed by atoms with E-state index in [0.29, 0.717) is 11.8 Å². The van der Waals surface area contributed by atoms with Crippen molar-refractivity contribution in [3.05, 3.63) is 35.1 Å². The standard InChI is InChI=1S/C13H15BrF3NO/c1-7(2)10(5-6-14)18-13(19)8-3-4-9(15)12(17)11(8)16/h3-4,7,10H,5-6H2,1-2H3,(H,18,19).